The molecule has 0 amide bonds. The van der Waals surface area contributed by atoms with Crippen LogP contribution in [0, 0.1) is 10.2 Å². The van der Waals surface area contributed by atoms with E-state index in [1.165, 1.54) is 11.3 Å². The van der Waals surface area contributed by atoms with Crippen LogP contribution in [0.2, 0.25) is 0 Å². The van der Waals surface area contributed by atoms with E-state index in [1.807, 2.05) is 30.3 Å². The van der Waals surface area contributed by atoms with Crippen LogP contribution >= 0.6 is 11.3 Å². The van der Waals surface area contributed by atoms with E-state index in [0.717, 1.165) is 15.0 Å². The van der Waals surface area contributed by atoms with Gasteiger partial charge in [0.1, 0.15) is 0 Å². The summed E-state index contributed by atoms with van der Waals surface area (Å²) >= 11 is 1.21. The van der Waals surface area contributed by atoms with E-state index >= 15 is 0 Å². The van der Waals surface area contributed by atoms with Crippen molar-refractivity contribution in [3.63, 3.8) is 0 Å². The van der Waals surface area contributed by atoms with Gasteiger partial charge in [-0.1, -0.05) is 0 Å². The Morgan fingerprint density at radius 2 is 2.07 bits per heavy atom. The molecule has 5 heteroatoms. The summed E-state index contributed by atoms with van der Waals surface area (Å²) in [5, 5.41) is 9.24. The van der Waals surface area contributed by atoms with E-state index in [4.69, 9.17) is 11.0 Å². The fourth-order valence-corrected chi connectivity index (χ4v) is 3.55. The van der Waals surface area contributed by atoms with E-state index in [2.05, 4.69) is 9.95 Å². The van der Waals surface area contributed by atoms with Crippen LogP contribution in [0.15, 0.2) is 30.3 Å². The first-order chi connectivity index (χ1) is 7.31. The Hall–Kier alpha value is -1.34. The molecule has 0 aliphatic carbocycles. The molecule has 0 saturated heterocycles. The van der Waals surface area contributed by atoms with Crippen molar-refractivity contribution in [2.75, 3.05) is 5.73 Å². The van der Waals surface area contributed by atoms with Gasteiger partial charge in [0.05, 0.1) is 0 Å². The quantitative estimate of drug-likeness (QED) is 0.841. The maximum absolute atomic E-state index is 8.72. The van der Waals surface area contributed by atoms with E-state index in [-0.39, 0.29) is 15.0 Å². The Kier molecular flexibility index (Phi) is 3.02. The normalized spacial score (nSPS) is 9.80. The van der Waals surface area contributed by atoms with Crippen molar-refractivity contribution in [2.45, 2.75) is 0 Å². The van der Waals surface area contributed by atoms with Gasteiger partial charge >= 0.3 is 97.7 Å². The third-order valence-electron chi connectivity index (χ3n) is 1.80. The first-order valence-electron chi connectivity index (χ1n) is 4.19. The summed E-state index contributed by atoms with van der Waals surface area (Å²) in [6, 6.07) is 9.81. The van der Waals surface area contributed by atoms with Crippen molar-refractivity contribution in [1.29, 1.82) is 5.26 Å². The molecule has 15 heavy (non-hydrogen) atoms. The topological polar surface area (TPSA) is 62.7 Å². The molecular weight excluding hydrogens is 273 g/mol. The summed E-state index contributed by atoms with van der Waals surface area (Å²) in [6.07, 6.45) is 0. The van der Waals surface area contributed by atoms with Crippen molar-refractivity contribution in [3.05, 3.63) is 30.3 Å². The van der Waals surface area contributed by atoms with E-state index < -0.39 is 0 Å². The minimum atomic E-state index is -0.194. The predicted octanol–water partition coefficient (Wildman–Crippen LogP) is 1.20. The van der Waals surface area contributed by atoms with Crippen LogP contribution in [0.5, 0.6) is 0 Å². The van der Waals surface area contributed by atoms with Gasteiger partial charge in [0.25, 0.3) is 0 Å². The summed E-state index contributed by atoms with van der Waals surface area (Å²) in [5.74, 6) is 0. The number of anilines is 1. The Balaban J connectivity index is 2.49. The van der Waals surface area contributed by atoms with Gasteiger partial charge in [-0.2, -0.15) is 0 Å². The average Bonchev–Trinajstić information content (AvgIpc) is 2.62. The van der Waals surface area contributed by atoms with E-state index in [1.54, 1.807) is 0 Å². The van der Waals surface area contributed by atoms with Gasteiger partial charge in [-0.3, -0.25) is 0 Å². The van der Waals surface area contributed by atoms with Crippen molar-refractivity contribution >= 4 is 35.2 Å². The molecule has 0 atom stereocenters. The Bertz CT molecular complexity index is 501. The van der Waals surface area contributed by atoms with Gasteiger partial charge in [0.2, 0.25) is 0 Å². The van der Waals surface area contributed by atoms with Crippen LogP contribution in [-0.2, 0) is 0 Å². The molecule has 0 aliphatic heterocycles. The standard InChI is InChI=1S/C10H7N3SSe/c11-6-15-9-8(13-10(12)14-9)7-4-2-1-3-5-7/h1-5H,(H2,12,13). The molecule has 0 saturated carbocycles. The third-order valence-corrected chi connectivity index (χ3v) is 4.42. The average molecular weight is 280 g/mol. The summed E-state index contributed by atoms with van der Waals surface area (Å²) in [7, 11) is 0. The summed E-state index contributed by atoms with van der Waals surface area (Å²) in [5.41, 5.74) is 7.54. The predicted molar refractivity (Wildman–Crippen MR) is 63.0 cm³/mol. The number of nitrogens with zero attached hydrogens (tertiary/aromatic N) is 2. The monoisotopic (exact) mass is 281 g/mol. The van der Waals surface area contributed by atoms with Crippen molar-refractivity contribution in [3.8, 4) is 16.2 Å². The van der Waals surface area contributed by atoms with Gasteiger partial charge < -0.3 is 0 Å². The van der Waals surface area contributed by atoms with Crippen LogP contribution < -0.4 is 9.51 Å². The molecule has 1 heterocycles. The number of aromatic nitrogens is 1. The molecule has 2 N–H and O–H groups in total. The number of benzene rings is 1. The zero-order valence-corrected chi connectivity index (χ0v) is 10.2. The zero-order valence-electron chi connectivity index (χ0n) is 7.68. The Labute approximate surface area is 97.7 Å². The zero-order chi connectivity index (χ0) is 10.7. The molecule has 0 unspecified atom stereocenters. The van der Waals surface area contributed by atoms with Crippen LogP contribution in [0.4, 0.5) is 5.13 Å². The van der Waals surface area contributed by atoms with Crippen molar-refractivity contribution < 1.29 is 0 Å². The van der Waals surface area contributed by atoms with Crippen LogP contribution in [0.1, 0.15) is 0 Å². The fourth-order valence-electron chi connectivity index (χ4n) is 1.21. The molecule has 1 aromatic carbocycles. The molecule has 2 rings (SSSR count). The first-order valence-corrected chi connectivity index (χ1v) is 6.72. The second-order valence-electron chi connectivity index (χ2n) is 2.75. The number of nitrogens with two attached hydrogens (primary N) is 1. The van der Waals surface area contributed by atoms with E-state index in [0.29, 0.717) is 5.13 Å². The van der Waals surface area contributed by atoms with Crippen molar-refractivity contribution in [1.82, 2.24) is 4.98 Å². The fraction of sp³-hybridized carbons (Fsp3) is 0. The molecule has 3 nitrogen and oxygen atoms in total. The van der Waals surface area contributed by atoms with Crippen LogP contribution in [0.3, 0.4) is 0 Å². The summed E-state index contributed by atoms with van der Waals surface area (Å²) in [4.78, 5) is 6.45. The number of nitriles is 1. The third kappa shape index (κ3) is 2.18. The number of hydrogen-bond donors (Lipinski definition) is 1. The van der Waals surface area contributed by atoms with Gasteiger partial charge in [0.15, 0.2) is 0 Å². The van der Waals surface area contributed by atoms with Crippen LogP contribution in [-0.4, -0.2) is 19.9 Å². The van der Waals surface area contributed by atoms with Crippen LogP contribution in [0.25, 0.3) is 11.3 Å². The second-order valence-corrected chi connectivity index (χ2v) is 6.03. The van der Waals surface area contributed by atoms with E-state index in [9.17, 15) is 0 Å². The maximum atomic E-state index is 8.72. The molecule has 0 fully saturated rings. The first kappa shape index (κ1) is 10.2. The number of hydrogen-bond acceptors (Lipinski definition) is 4. The number of thiazole rings is 1. The molecular formula is C10H7N3SSe. The molecule has 0 radical (unpaired) electrons. The van der Waals surface area contributed by atoms with Gasteiger partial charge in [0, 0.05) is 0 Å². The van der Waals surface area contributed by atoms with Gasteiger partial charge in [-0.25, -0.2) is 0 Å². The number of nitrogen functional groups attached to an aromatic ring is 1. The summed E-state index contributed by atoms with van der Waals surface area (Å²) in [6.45, 7) is 0. The minimum absolute atomic E-state index is 0.194. The molecule has 0 spiro atoms. The Morgan fingerprint density at radius 3 is 2.73 bits per heavy atom. The van der Waals surface area contributed by atoms with Gasteiger partial charge in [-0.15, -0.1) is 0 Å². The summed E-state index contributed by atoms with van der Waals surface area (Å²) < 4.78 is 0.994. The number of rotatable bonds is 2. The SMILES string of the molecule is N#C[Se]c1sc(N)nc1-c1ccccc1. The van der Waals surface area contributed by atoms with Crippen molar-refractivity contribution in [2.24, 2.45) is 0 Å². The molecule has 0 bridgehead atoms. The molecule has 1 aromatic heterocycles. The molecule has 2 aromatic rings. The molecule has 0 aliphatic rings. The molecule has 74 valence electrons. The Morgan fingerprint density at radius 1 is 1.33 bits per heavy atom. The second kappa shape index (κ2) is 4.45. The van der Waals surface area contributed by atoms with Gasteiger partial charge in [-0.05, 0) is 0 Å².